The highest BCUT2D eigenvalue weighted by Crippen LogP contribution is 2.31. The first-order valence-corrected chi connectivity index (χ1v) is 14.1. The van der Waals surface area contributed by atoms with Crippen LogP contribution in [0.5, 0.6) is 0 Å². The summed E-state index contributed by atoms with van der Waals surface area (Å²) in [4.78, 5) is 52.8. The molecule has 45 heavy (non-hydrogen) atoms. The van der Waals surface area contributed by atoms with Crippen molar-refractivity contribution in [1.29, 1.82) is 0 Å². The molecule has 0 aliphatic carbocycles. The minimum atomic E-state index is -1.45. The molecule has 4 aromatic carbocycles. The Morgan fingerprint density at radius 1 is 0.511 bits per heavy atom. The summed E-state index contributed by atoms with van der Waals surface area (Å²) >= 11 is 0. The van der Waals surface area contributed by atoms with Crippen LogP contribution in [0.1, 0.15) is 41.4 Å². The fraction of sp³-hybridized carbons (Fsp3) is 0.200. The molecule has 4 aromatic rings. The molecule has 10 nitrogen and oxygen atoms in total. The summed E-state index contributed by atoms with van der Waals surface area (Å²) in [6, 6.07) is 32.7. The van der Waals surface area contributed by atoms with Gasteiger partial charge in [-0.15, -0.1) is 0 Å². The van der Waals surface area contributed by atoms with Gasteiger partial charge in [0, 0.05) is 7.11 Å². The first kappa shape index (κ1) is 31.1. The number of benzene rings is 4. The zero-order valence-electron chi connectivity index (χ0n) is 24.2. The zero-order chi connectivity index (χ0) is 31.6. The van der Waals surface area contributed by atoms with Gasteiger partial charge in [-0.3, -0.25) is 0 Å². The van der Waals surface area contributed by atoms with Crippen molar-refractivity contribution in [2.24, 2.45) is 0 Å². The highest BCUT2D eigenvalue weighted by atomic mass is 16.7. The number of hydrogen-bond donors (Lipinski definition) is 0. The smallest absolute Gasteiger partial charge is 0.338 e. The van der Waals surface area contributed by atoms with Gasteiger partial charge in [0.25, 0.3) is 0 Å². The van der Waals surface area contributed by atoms with Gasteiger partial charge in [0.2, 0.25) is 0 Å². The second kappa shape index (κ2) is 14.9. The Kier molecular flexibility index (Phi) is 10.3. The quantitative estimate of drug-likeness (QED) is 0.181. The van der Waals surface area contributed by atoms with Gasteiger partial charge in [-0.25, -0.2) is 19.2 Å². The number of esters is 4. The number of rotatable bonds is 10. The van der Waals surface area contributed by atoms with Crippen LogP contribution in [0.2, 0.25) is 0 Å². The third-order valence-corrected chi connectivity index (χ3v) is 6.97. The van der Waals surface area contributed by atoms with Crippen molar-refractivity contribution in [1.82, 2.24) is 0 Å². The number of carbonyl (C=O) groups is 4. The molecule has 1 heterocycles. The van der Waals surface area contributed by atoms with E-state index in [0.717, 1.165) is 0 Å². The molecule has 0 aromatic heterocycles. The maximum atomic E-state index is 13.4. The van der Waals surface area contributed by atoms with E-state index in [1.165, 1.54) is 7.11 Å². The lowest BCUT2D eigenvalue weighted by Gasteiger charge is -2.44. The molecule has 230 valence electrons. The monoisotopic (exact) mass is 610 g/mol. The van der Waals surface area contributed by atoms with Crippen molar-refractivity contribution < 1.29 is 47.6 Å². The van der Waals surface area contributed by atoms with E-state index in [1.807, 2.05) is 0 Å². The molecule has 1 fully saturated rings. The molecular formula is C35H30O10. The Balaban J connectivity index is 1.50. The molecule has 1 aliphatic heterocycles. The first-order valence-electron chi connectivity index (χ1n) is 14.1. The molecule has 0 unspecified atom stereocenters. The van der Waals surface area contributed by atoms with E-state index in [4.69, 9.17) is 28.4 Å². The summed E-state index contributed by atoms with van der Waals surface area (Å²) in [6.07, 6.45) is -6.76. The van der Waals surface area contributed by atoms with Crippen LogP contribution in [0.4, 0.5) is 0 Å². The Morgan fingerprint density at radius 2 is 0.867 bits per heavy atom. The van der Waals surface area contributed by atoms with Gasteiger partial charge in [-0.2, -0.15) is 0 Å². The lowest BCUT2D eigenvalue weighted by Crippen LogP contribution is -2.63. The maximum Gasteiger partial charge on any atom is 0.338 e. The molecule has 1 aliphatic rings. The van der Waals surface area contributed by atoms with E-state index in [1.54, 1.807) is 121 Å². The summed E-state index contributed by atoms with van der Waals surface area (Å²) in [5, 5.41) is 0. The molecule has 0 bridgehead atoms. The van der Waals surface area contributed by atoms with E-state index >= 15 is 0 Å². The van der Waals surface area contributed by atoms with Gasteiger partial charge in [0.05, 0.1) is 22.3 Å². The number of carbonyl (C=O) groups excluding carboxylic acids is 4. The predicted octanol–water partition coefficient (Wildman–Crippen LogP) is 4.89. The molecule has 0 N–H and O–H groups in total. The van der Waals surface area contributed by atoms with Crippen LogP contribution in [-0.4, -0.2) is 68.3 Å². The highest BCUT2D eigenvalue weighted by molar-refractivity contribution is 5.91. The zero-order valence-corrected chi connectivity index (χ0v) is 24.2. The number of hydrogen-bond acceptors (Lipinski definition) is 10. The van der Waals surface area contributed by atoms with Crippen molar-refractivity contribution in [2.45, 2.75) is 30.7 Å². The lowest BCUT2D eigenvalue weighted by atomic mass is 9.97. The Hall–Kier alpha value is -5.32. The number of ether oxygens (including phenoxy) is 6. The van der Waals surface area contributed by atoms with Gasteiger partial charge < -0.3 is 28.4 Å². The van der Waals surface area contributed by atoms with Crippen LogP contribution < -0.4 is 0 Å². The molecule has 0 amide bonds. The standard InChI is InChI=1S/C35H30O10/c1-40-35-30(45-34(39)26-20-12-5-13-21-26)29(44-33(38)25-18-10-4-11-19-25)28(43-32(37)24-16-8-3-9-17-24)27(42-35)22-41-31(36)23-14-6-2-7-15-23/h2-21,27-30,35H,22H2,1H3/t27-,28+,29+,30-,35+/m1/s1. The van der Waals surface area contributed by atoms with Gasteiger partial charge in [0.15, 0.2) is 24.6 Å². The van der Waals surface area contributed by atoms with Crippen LogP contribution in [0.25, 0.3) is 0 Å². The lowest BCUT2D eigenvalue weighted by molar-refractivity contribution is -0.291. The van der Waals surface area contributed by atoms with Gasteiger partial charge in [0.1, 0.15) is 12.7 Å². The Labute approximate surface area is 259 Å². The average molecular weight is 611 g/mol. The summed E-state index contributed by atoms with van der Waals surface area (Å²) in [5.41, 5.74) is 0.914. The fourth-order valence-electron chi connectivity index (χ4n) is 4.72. The van der Waals surface area contributed by atoms with E-state index in [0.29, 0.717) is 0 Å². The Morgan fingerprint density at radius 3 is 1.27 bits per heavy atom. The van der Waals surface area contributed by atoms with E-state index in [-0.39, 0.29) is 22.3 Å². The predicted molar refractivity (Wildman–Crippen MR) is 159 cm³/mol. The van der Waals surface area contributed by atoms with Crippen molar-refractivity contribution >= 4 is 23.9 Å². The molecule has 0 spiro atoms. The summed E-state index contributed by atoms with van der Waals surface area (Å²) in [5.74, 6) is -2.96. The summed E-state index contributed by atoms with van der Waals surface area (Å²) in [7, 11) is 1.31. The van der Waals surface area contributed by atoms with Crippen LogP contribution in [-0.2, 0) is 28.4 Å². The van der Waals surface area contributed by atoms with Gasteiger partial charge in [-0.1, -0.05) is 72.8 Å². The van der Waals surface area contributed by atoms with E-state index in [9.17, 15) is 19.2 Å². The second-order valence-electron chi connectivity index (χ2n) is 9.95. The van der Waals surface area contributed by atoms with Crippen LogP contribution in [0.3, 0.4) is 0 Å². The molecule has 10 heteroatoms. The minimum absolute atomic E-state index is 0.200. The van der Waals surface area contributed by atoms with Crippen LogP contribution in [0, 0.1) is 0 Å². The third kappa shape index (κ3) is 7.80. The van der Waals surface area contributed by atoms with Crippen molar-refractivity contribution in [3.63, 3.8) is 0 Å². The average Bonchev–Trinajstić information content (AvgIpc) is 3.10. The van der Waals surface area contributed by atoms with Crippen LogP contribution in [0.15, 0.2) is 121 Å². The molecule has 5 rings (SSSR count). The second-order valence-corrected chi connectivity index (χ2v) is 9.95. The van der Waals surface area contributed by atoms with Gasteiger partial charge >= 0.3 is 23.9 Å². The Bertz CT molecular complexity index is 1580. The number of methoxy groups -OCH3 is 1. The van der Waals surface area contributed by atoms with E-state index in [2.05, 4.69) is 0 Å². The summed E-state index contributed by atoms with van der Waals surface area (Å²) < 4.78 is 34.9. The topological polar surface area (TPSA) is 124 Å². The first-order chi connectivity index (χ1) is 21.9. The molecular weight excluding hydrogens is 580 g/mol. The SMILES string of the molecule is CO[C@H]1O[C@H](COC(=O)c2ccccc2)[C@H](OC(=O)c2ccccc2)[C@H](OC(=O)c2ccccc2)[C@H]1OC(=O)c1ccccc1. The van der Waals surface area contributed by atoms with Crippen molar-refractivity contribution in [2.75, 3.05) is 13.7 Å². The molecule has 1 saturated heterocycles. The molecule has 0 saturated carbocycles. The molecule has 0 radical (unpaired) electrons. The third-order valence-electron chi connectivity index (χ3n) is 6.97. The maximum absolute atomic E-state index is 13.4. The highest BCUT2D eigenvalue weighted by Gasteiger charge is 2.53. The fourth-order valence-corrected chi connectivity index (χ4v) is 4.72. The molecule has 5 atom stereocenters. The van der Waals surface area contributed by atoms with Crippen molar-refractivity contribution in [3.8, 4) is 0 Å². The van der Waals surface area contributed by atoms with Gasteiger partial charge in [-0.05, 0) is 48.5 Å². The van der Waals surface area contributed by atoms with E-state index < -0.39 is 61.2 Å². The normalized spacial score (nSPS) is 20.8. The summed E-state index contributed by atoms with van der Waals surface area (Å²) in [6.45, 7) is -0.418. The largest absolute Gasteiger partial charge is 0.459 e. The van der Waals surface area contributed by atoms with Crippen molar-refractivity contribution in [3.05, 3.63) is 144 Å². The van der Waals surface area contributed by atoms with Crippen LogP contribution >= 0.6 is 0 Å². The minimum Gasteiger partial charge on any atom is -0.459 e.